The van der Waals surface area contributed by atoms with Crippen LogP contribution >= 0.6 is 11.3 Å². The Bertz CT molecular complexity index is 688. The molecule has 1 aromatic heterocycles. The van der Waals surface area contributed by atoms with Crippen molar-refractivity contribution in [1.29, 1.82) is 0 Å². The first-order valence-electron chi connectivity index (χ1n) is 7.31. The Labute approximate surface area is 132 Å². The standard InChI is InChI=1S/C16H18FN3OS/c1-10-5-6-20(15(10)11-3-2-4-12(17)7-11)16(21)13-9-22-14(8-18)19-13/h2-4,7,9-10,15H,5-6,8,18H2,1H3/t10-,15-/m1/s1. The van der Waals surface area contributed by atoms with E-state index in [-0.39, 0.29) is 17.8 Å². The molecule has 6 heteroatoms. The number of carbonyl (C=O) groups excluding carboxylic acids is 1. The van der Waals surface area contributed by atoms with Crippen LogP contribution in [0.2, 0.25) is 0 Å². The molecule has 0 saturated carbocycles. The van der Waals surface area contributed by atoms with Crippen LogP contribution in [0.15, 0.2) is 29.6 Å². The summed E-state index contributed by atoms with van der Waals surface area (Å²) < 4.78 is 13.5. The summed E-state index contributed by atoms with van der Waals surface area (Å²) in [5.74, 6) is -0.0870. The summed E-state index contributed by atoms with van der Waals surface area (Å²) >= 11 is 1.39. The molecule has 3 rings (SSSR count). The molecule has 2 N–H and O–H groups in total. The van der Waals surface area contributed by atoms with Crippen LogP contribution in [0.5, 0.6) is 0 Å². The van der Waals surface area contributed by atoms with Crippen LogP contribution in [0, 0.1) is 11.7 Å². The molecule has 1 aliphatic rings. The van der Waals surface area contributed by atoms with Crippen molar-refractivity contribution in [2.24, 2.45) is 11.7 Å². The van der Waals surface area contributed by atoms with E-state index in [4.69, 9.17) is 5.73 Å². The van der Waals surface area contributed by atoms with Gasteiger partial charge in [0.05, 0.1) is 6.04 Å². The summed E-state index contributed by atoms with van der Waals surface area (Å²) in [5, 5.41) is 2.49. The van der Waals surface area contributed by atoms with Crippen LogP contribution in [-0.4, -0.2) is 22.3 Å². The summed E-state index contributed by atoms with van der Waals surface area (Å²) in [6, 6.07) is 6.39. The van der Waals surface area contributed by atoms with Crippen molar-refractivity contribution < 1.29 is 9.18 Å². The third kappa shape index (κ3) is 2.76. The second-order valence-electron chi connectivity index (χ2n) is 5.59. The molecule has 2 atom stereocenters. The van der Waals surface area contributed by atoms with Crippen molar-refractivity contribution in [3.63, 3.8) is 0 Å². The average Bonchev–Trinajstić information content (AvgIpc) is 3.13. The second kappa shape index (κ2) is 6.14. The van der Waals surface area contributed by atoms with Gasteiger partial charge < -0.3 is 10.6 Å². The number of likely N-dealkylation sites (tertiary alicyclic amines) is 1. The maximum Gasteiger partial charge on any atom is 0.273 e. The van der Waals surface area contributed by atoms with E-state index in [2.05, 4.69) is 11.9 Å². The minimum Gasteiger partial charge on any atom is -0.330 e. The van der Waals surface area contributed by atoms with Crippen LogP contribution < -0.4 is 5.73 Å². The van der Waals surface area contributed by atoms with Crippen LogP contribution in [0.3, 0.4) is 0 Å². The number of rotatable bonds is 3. The summed E-state index contributed by atoms with van der Waals surface area (Å²) in [6.45, 7) is 3.09. The number of halogens is 1. The van der Waals surface area contributed by atoms with E-state index in [1.165, 1.54) is 23.5 Å². The lowest BCUT2D eigenvalue weighted by molar-refractivity contribution is 0.0715. The van der Waals surface area contributed by atoms with Gasteiger partial charge in [0, 0.05) is 18.5 Å². The van der Waals surface area contributed by atoms with Gasteiger partial charge in [0.2, 0.25) is 0 Å². The highest BCUT2D eigenvalue weighted by molar-refractivity contribution is 7.09. The Balaban J connectivity index is 1.90. The van der Waals surface area contributed by atoms with Gasteiger partial charge in [-0.3, -0.25) is 4.79 Å². The number of thiazole rings is 1. The molecular formula is C16H18FN3OS. The van der Waals surface area contributed by atoms with Crippen molar-refractivity contribution in [1.82, 2.24) is 9.88 Å². The monoisotopic (exact) mass is 319 g/mol. The van der Waals surface area contributed by atoms with Gasteiger partial charge in [-0.1, -0.05) is 19.1 Å². The molecule has 1 amide bonds. The number of carbonyl (C=O) groups is 1. The van der Waals surface area contributed by atoms with Gasteiger partial charge >= 0.3 is 0 Å². The quantitative estimate of drug-likeness (QED) is 0.946. The summed E-state index contributed by atoms with van der Waals surface area (Å²) in [7, 11) is 0. The van der Waals surface area contributed by atoms with Crippen LogP contribution in [-0.2, 0) is 6.54 Å². The fourth-order valence-electron chi connectivity index (χ4n) is 3.02. The van der Waals surface area contributed by atoms with Crippen LogP contribution in [0.1, 0.15) is 40.4 Å². The Morgan fingerprint density at radius 3 is 3.05 bits per heavy atom. The van der Waals surface area contributed by atoms with E-state index in [0.717, 1.165) is 17.0 Å². The van der Waals surface area contributed by atoms with Gasteiger partial charge in [-0.2, -0.15) is 0 Å². The third-order valence-electron chi connectivity index (χ3n) is 4.10. The average molecular weight is 319 g/mol. The van der Waals surface area contributed by atoms with E-state index in [0.29, 0.717) is 24.7 Å². The molecule has 0 aliphatic carbocycles. The minimum atomic E-state index is -0.275. The maximum atomic E-state index is 13.5. The predicted molar refractivity (Wildman–Crippen MR) is 84.0 cm³/mol. The van der Waals surface area contributed by atoms with Gasteiger partial charge in [0.15, 0.2) is 0 Å². The molecule has 22 heavy (non-hydrogen) atoms. The number of amides is 1. The summed E-state index contributed by atoms with van der Waals surface area (Å²) in [5.41, 5.74) is 6.83. The number of nitrogens with two attached hydrogens (primary N) is 1. The minimum absolute atomic E-state index is 0.102. The Morgan fingerprint density at radius 1 is 1.55 bits per heavy atom. The molecule has 1 aliphatic heterocycles. The molecule has 2 aromatic rings. The van der Waals surface area contributed by atoms with E-state index >= 15 is 0 Å². The topological polar surface area (TPSA) is 59.2 Å². The van der Waals surface area contributed by atoms with E-state index in [1.54, 1.807) is 16.3 Å². The first-order chi connectivity index (χ1) is 10.6. The molecule has 1 aromatic carbocycles. The smallest absolute Gasteiger partial charge is 0.273 e. The highest BCUT2D eigenvalue weighted by atomic mass is 32.1. The number of aromatic nitrogens is 1. The first-order valence-corrected chi connectivity index (χ1v) is 8.19. The Morgan fingerprint density at radius 2 is 2.36 bits per heavy atom. The maximum absolute atomic E-state index is 13.5. The SMILES string of the molecule is C[C@@H]1CCN(C(=O)c2csc(CN)n2)[C@H]1c1cccc(F)c1. The fourth-order valence-corrected chi connectivity index (χ4v) is 3.67. The van der Waals surface area contributed by atoms with Crippen molar-refractivity contribution in [3.8, 4) is 0 Å². The molecule has 116 valence electrons. The first kappa shape index (κ1) is 15.1. The van der Waals surface area contributed by atoms with Gasteiger partial charge in [-0.15, -0.1) is 11.3 Å². The van der Waals surface area contributed by atoms with Gasteiger partial charge in [-0.25, -0.2) is 9.37 Å². The van der Waals surface area contributed by atoms with Crippen molar-refractivity contribution in [2.75, 3.05) is 6.54 Å². The van der Waals surface area contributed by atoms with Gasteiger partial charge in [0.25, 0.3) is 5.91 Å². The third-order valence-corrected chi connectivity index (χ3v) is 4.97. The zero-order valence-electron chi connectivity index (χ0n) is 12.3. The summed E-state index contributed by atoms with van der Waals surface area (Å²) in [6.07, 6.45) is 0.904. The summed E-state index contributed by atoms with van der Waals surface area (Å²) in [4.78, 5) is 18.8. The van der Waals surface area contributed by atoms with E-state index in [1.807, 2.05) is 6.07 Å². The number of benzene rings is 1. The fraction of sp³-hybridized carbons (Fsp3) is 0.375. The highest BCUT2D eigenvalue weighted by Crippen LogP contribution is 2.38. The zero-order valence-corrected chi connectivity index (χ0v) is 13.1. The number of hydrogen-bond acceptors (Lipinski definition) is 4. The number of nitrogens with zero attached hydrogens (tertiary/aromatic N) is 2. The van der Waals surface area contributed by atoms with Crippen molar-refractivity contribution in [3.05, 3.63) is 51.7 Å². The van der Waals surface area contributed by atoms with E-state index < -0.39 is 0 Å². The molecular weight excluding hydrogens is 301 g/mol. The van der Waals surface area contributed by atoms with Crippen molar-refractivity contribution >= 4 is 17.2 Å². The molecule has 0 unspecified atom stereocenters. The zero-order chi connectivity index (χ0) is 15.7. The lowest BCUT2D eigenvalue weighted by Crippen LogP contribution is -2.32. The molecule has 1 fully saturated rings. The largest absolute Gasteiger partial charge is 0.330 e. The Hall–Kier alpha value is -1.79. The molecule has 0 spiro atoms. The molecule has 4 nitrogen and oxygen atoms in total. The molecule has 0 radical (unpaired) electrons. The van der Waals surface area contributed by atoms with Crippen LogP contribution in [0.25, 0.3) is 0 Å². The second-order valence-corrected chi connectivity index (χ2v) is 6.54. The highest BCUT2D eigenvalue weighted by Gasteiger charge is 2.36. The lowest BCUT2D eigenvalue weighted by atomic mass is 9.95. The lowest BCUT2D eigenvalue weighted by Gasteiger charge is -2.27. The molecule has 1 saturated heterocycles. The van der Waals surface area contributed by atoms with Crippen LogP contribution in [0.4, 0.5) is 4.39 Å². The normalized spacial score (nSPS) is 21.3. The van der Waals surface area contributed by atoms with Crippen molar-refractivity contribution in [2.45, 2.75) is 25.9 Å². The Kier molecular flexibility index (Phi) is 4.22. The van der Waals surface area contributed by atoms with E-state index in [9.17, 15) is 9.18 Å². The number of hydrogen-bond donors (Lipinski definition) is 1. The van der Waals surface area contributed by atoms with Gasteiger partial charge in [0.1, 0.15) is 16.5 Å². The molecule has 2 heterocycles. The molecule has 0 bridgehead atoms. The predicted octanol–water partition coefficient (Wildman–Crippen LogP) is 2.96. The van der Waals surface area contributed by atoms with Gasteiger partial charge in [-0.05, 0) is 30.0 Å².